The topological polar surface area (TPSA) is 23.6 Å². The van der Waals surface area contributed by atoms with Gasteiger partial charge in [-0.25, -0.2) is 0 Å². The van der Waals surface area contributed by atoms with Crippen LogP contribution < -0.4 is 9.80 Å². The van der Waals surface area contributed by atoms with Crippen LogP contribution in [0.15, 0.2) is 115 Å². The first-order chi connectivity index (χ1) is 14.3. The summed E-state index contributed by atoms with van der Waals surface area (Å²) in [5, 5.41) is 0. The van der Waals surface area contributed by atoms with Crippen molar-refractivity contribution in [3.63, 3.8) is 0 Å². The summed E-state index contributed by atoms with van der Waals surface area (Å²) < 4.78 is 0. The average Bonchev–Trinajstić information content (AvgIpc) is 2.77. The van der Waals surface area contributed by atoms with Gasteiger partial charge in [0.15, 0.2) is 0 Å². The first kappa shape index (κ1) is 18.5. The van der Waals surface area contributed by atoms with Gasteiger partial charge >= 0.3 is 0 Å². The van der Waals surface area contributed by atoms with Gasteiger partial charge in [-0.3, -0.25) is 9.69 Å². The molecule has 0 radical (unpaired) electrons. The molecular weight excluding hydrogens is 356 g/mol. The molecule has 4 rings (SSSR count). The van der Waals surface area contributed by atoms with E-state index >= 15 is 0 Å². The Kier molecular flexibility index (Phi) is 5.39. The number of carbonyl (C=O) groups is 1. The number of anilines is 5. The Morgan fingerprint density at radius 2 is 0.897 bits per heavy atom. The SMILES string of the molecule is CC(=O)N(c1ccccc1)c1ccccc1N(c1ccccc1)c1ccccc1. The summed E-state index contributed by atoms with van der Waals surface area (Å²) in [5.41, 5.74) is 4.67. The van der Waals surface area contributed by atoms with E-state index in [1.165, 1.54) is 0 Å². The minimum Gasteiger partial charge on any atom is -0.308 e. The predicted octanol–water partition coefficient (Wildman–Crippen LogP) is 6.84. The molecule has 0 saturated carbocycles. The fraction of sp³-hybridized carbons (Fsp3) is 0.0385. The van der Waals surface area contributed by atoms with E-state index in [9.17, 15) is 4.79 Å². The lowest BCUT2D eigenvalue weighted by atomic mass is 10.1. The highest BCUT2D eigenvalue weighted by Gasteiger charge is 2.22. The maximum atomic E-state index is 12.7. The van der Waals surface area contributed by atoms with Gasteiger partial charge in [0, 0.05) is 24.0 Å². The van der Waals surface area contributed by atoms with Gasteiger partial charge in [-0.15, -0.1) is 0 Å². The second kappa shape index (κ2) is 8.44. The van der Waals surface area contributed by atoms with E-state index in [-0.39, 0.29) is 5.91 Å². The van der Waals surface area contributed by atoms with Gasteiger partial charge < -0.3 is 4.90 Å². The number of hydrogen-bond donors (Lipinski definition) is 0. The van der Waals surface area contributed by atoms with Crippen LogP contribution in [0.2, 0.25) is 0 Å². The van der Waals surface area contributed by atoms with Crippen LogP contribution in [0.25, 0.3) is 0 Å². The Hall–Kier alpha value is -3.85. The van der Waals surface area contributed by atoms with Crippen molar-refractivity contribution in [1.82, 2.24) is 0 Å². The molecule has 4 aromatic rings. The van der Waals surface area contributed by atoms with Crippen molar-refractivity contribution in [2.75, 3.05) is 9.80 Å². The van der Waals surface area contributed by atoms with Crippen LogP contribution in [0.5, 0.6) is 0 Å². The van der Waals surface area contributed by atoms with Crippen LogP contribution in [-0.2, 0) is 4.79 Å². The molecular formula is C26H22N2O. The van der Waals surface area contributed by atoms with Crippen molar-refractivity contribution in [3.8, 4) is 0 Å². The number of carbonyl (C=O) groups excluding carboxylic acids is 1. The van der Waals surface area contributed by atoms with Gasteiger partial charge in [0.1, 0.15) is 0 Å². The van der Waals surface area contributed by atoms with E-state index in [0.717, 1.165) is 28.4 Å². The van der Waals surface area contributed by atoms with Gasteiger partial charge in [0.25, 0.3) is 0 Å². The molecule has 0 atom stereocenters. The lowest BCUT2D eigenvalue weighted by Gasteiger charge is -2.31. The molecule has 0 unspecified atom stereocenters. The molecule has 3 heteroatoms. The molecule has 4 aromatic carbocycles. The summed E-state index contributed by atoms with van der Waals surface area (Å²) in [6, 6.07) is 38.1. The third-order valence-electron chi connectivity index (χ3n) is 4.72. The zero-order valence-corrected chi connectivity index (χ0v) is 16.3. The molecule has 29 heavy (non-hydrogen) atoms. The Balaban J connectivity index is 1.93. The first-order valence-electron chi connectivity index (χ1n) is 9.61. The molecule has 3 nitrogen and oxygen atoms in total. The van der Waals surface area contributed by atoms with E-state index in [1.54, 1.807) is 11.8 Å². The summed E-state index contributed by atoms with van der Waals surface area (Å²) >= 11 is 0. The third kappa shape index (κ3) is 3.90. The van der Waals surface area contributed by atoms with E-state index in [0.29, 0.717) is 0 Å². The van der Waals surface area contributed by atoms with Gasteiger partial charge in [0.05, 0.1) is 11.4 Å². The summed E-state index contributed by atoms with van der Waals surface area (Å²) in [6.45, 7) is 1.60. The van der Waals surface area contributed by atoms with Gasteiger partial charge in [-0.2, -0.15) is 0 Å². The van der Waals surface area contributed by atoms with Crippen molar-refractivity contribution in [2.45, 2.75) is 6.92 Å². The van der Waals surface area contributed by atoms with Crippen molar-refractivity contribution in [1.29, 1.82) is 0 Å². The normalized spacial score (nSPS) is 10.4. The van der Waals surface area contributed by atoms with Crippen LogP contribution in [0.1, 0.15) is 6.92 Å². The average molecular weight is 378 g/mol. The Labute approximate surface area is 171 Å². The first-order valence-corrected chi connectivity index (χ1v) is 9.61. The number of para-hydroxylation sites is 5. The van der Waals surface area contributed by atoms with Gasteiger partial charge in [0.2, 0.25) is 5.91 Å². The standard InChI is InChI=1S/C26H22N2O/c1-21(29)27(22-13-5-2-6-14-22)25-19-11-12-20-26(25)28(23-15-7-3-8-16-23)24-17-9-4-10-18-24/h2-20H,1H3. The van der Waals surface area contributed by atoms with E-state index in [2.05, 4.69) is 29.2 Å². The molecule has 0 aliphatic heterocycles. The van der Waals surface area contributed by atoms with Crippen LogP contribution in [0.3, 0.4) is 0 Å². The molecule has 0 aliphatic carbocycles. The van der Waals surface area contributed by atoms with Crippen molar-refractivity contribution >= 4 is 34.3 Å². The fourth-order valence-electron chi connectivity index (χ4n) is 3.49. The largest absolute Gasteiger partial charge is 0.308 e. The summed E-state index contributed by atoms with van der Waals surface area (Å²) in [6.07, 6.45) is 0. The zero-order valence-electron chi connectivity index (χ0n) is 16.3. The van der Waals surface area contributed by atoms with Crippen LogP contribution in [-0.4, -0.2) is 5.91 Å². The molecule has 0 fully saturated rings. The Morgan fingerprint density at radius 3 is 1.34 bits per heavy atom. The number of nitrogens with zero attached hydrogens (tertiary/aromatic N) is 2. The monoisotopic (exact) mass is 378 g/mol. The lowest BCUT2D eigenvalue weighted by Crippen LogP contribution is -2.25. The highest BCUT2D eigenvalue weighted by molar-refractivity contribution is 6.03. The minimum absolute atomic E-state index is 0.0373. The van der Waals surface area contributed by atoms with Crippen LogP contribution >= 0.6 is 0 Å². The predicted molar refractivity (Wildman–Crippen MR) is 120 cm³/mol. The molecule has 142 valence electrons. The maximum Gasteiger partial charge on any atom is 0.228 e. The quantitative estimate of drug-likeness (QED) is 0.379. The van der Waals surface area contributed by atoms with Crippen LogP contribution in [0, 0.1) is 0 Å². The fourth-order valence-corrected chi connectivity index (χ4v) is 3.49. The third-order valence-corrected chi connectivity index (χ3v) is 4.72. The number of amides is 1. The number of benzene rings is 4. The second-order valence-electron chi connectivity index (χ2n) is 6.69. The molecule has 0 spiro atoms. The maximum absolute atomic E-state index is 12.7. The van der Waals surface area contributed by atoms with Crippen molar-refractivity contribution < 1.29 is 4.79 Å². The molecule has 0 aromatic heterocycles. The van der Waals surface area contributed by atoms with Gasteiger partial charge in [-0.1, -0.05) is 66.7 Å². The second-order valence-corrected chi connectivity index (χ2v) is 6.69. The van der Waals surface area contributed by atoms with E-state index in [4.69, 9.17) is 0 Å². The minimum atomic E-state index is -0.0373. The highest BCUT2D eigenvalue weighted by Crippen LogP contribution is 2.42. The number of rotatable bonds is 5. The van der Waals surface area contributed by atoms with Crippen molar-refractivity contribution in [2.24, 2.45) is 0 Å². The molecule has 0 N–H and O–H groups in total. The van der Waals surface area contributed by atoms with E-state index < -0.39 is 0 Å². The Morgan fingerprint density at radius 1 is 0.517 bits per heavy atom. The smallest absolute Gasteiger partial charge is 0.228 e. The molecule has 1 amide bonds. The van der Waals surface area contributed by atoms with Crippen LogP contribution in [0.4, 0.5) is 28.4 Å². The summed E-state index contributed by atoms with van der Waals surface area (Å²) in [5.74, 6) is -0.0373. The number of hydrogen-bond acceptors (Lipinski definition) is 2. The lowest BCUT2D eigenvalue weighted by molar-refractivity contribution is -0.115. The highest BCUT2D eigenvalue weighted by atomic mass is 16.2. The molecule has 0 saturated heterocycles. The summed E-state index contributed by atoms with van der Waals surface area (Å²) in [7, 11) is 0. The summed E-state index contributed by atoms with van der Waals surface area (Å²) in [4.78, 5) is 16.6. The van der Waals surface area contributed by atoms with Crippen molar-refractivity contribution in [3.05, 3.63) is 115 Å². The molecule has 0 heterocycles. The molecule has 0 aliphatic rings. The van der Waals surface area contributed by atoms with E-state index in [1.807, 2.05) is 91.0 Å². The van der Waals surface area contributed by atoms with Gasteiger partial charge in [-0.05, 0) is 48.5 Å². The molecule has 0 bridgehead atoms. The zero-order chi connectivity index (χ0) is 20.1. The Bertz CT molecular complexity index is 1040.